The summed E-state index contributed by atoms with van der Waals surface area (Å²) >= 11 is 1.65. The van der Waals surface area contributed by atoms with Gasteiger partial charge < -0.3 is 24.8 Å². The van der Waals surface area contributed by atoms with Gasteiger partial charge in [0.1, 0.15) is 17.0 Å². The van der Waals surface area contributed by atoms with Crippen molar-refractivity contribution in [2.45, 2.75) is 76.2 Å². The van der Waals surface area contributed by atoms with Crippen molar-refractivity contribution in [3.8, 4) is 5.75 Å². The third-order valence-electron chi connectivity index (χ3n) is 4.92. The number of carbonyl (C=O) groups excluding carboxylic acids is 2. The van der Waals surface area contributed by atoms with E-state index in [4.69, 9.17) is 14.2 Å². The van der Waals surface area contributed by atoms with Gasteiger partial charge in [-0.05, 0) is 71.2 Å². The molecule has 0 aliphatic heterocycles. The normalized spacial score (nSPS) is 13.3. The number of ether oxygens (including phenoxy) is 3. The Hall–Kier alpha value is -2.87. The van der Waals surface area contributed by atoms with Crippen LogP contribution in [-0.4, -0.2) is 48.3 Å². The van der Waals surface area contributed by atoms with Crippen LogP contribution in [0.1, 0.15) is 52.7 Å². The van der Waals surface area contributed by atoms with Crippen molar-refractivity contribution >= 4 is 23.9 Å². The number of benzene rings is 2. The van der Waals surface area contributed by atoms with E-state index in [1.807, 2.05) is 96.1 Å². The molecular formula is C28H40N2O5S. The molecule has 0 aliphatic carbocycles. The first-order chi connectivity index (χ1) is 16.8. The van der Waals surface area contributed by atoms with E-state index in [1.54, 1.807) is 18.9 Å². The minimum absolute atomic E-state index is 0.160. The summed E-state index contributed by atoms with van der Waals surface area (Å²) in [4.78, 5) is 25.2. The van der Waals surface area contributed by atoms with E-state index in [1.165, 1.54) is 0 Å². The predicted molar refractivity (Wildman–Crippen MR) is 146 cm³/mol. The summed E-state index contributed by atoms with van der Waals surface area (Å²) in [6.45, 7) is 11.3. The lowest BCUT2D eigenvalue weighted by Gasteiger charge is -2.30. The largest absolute Gasteiger partial charge is 0.497 e. The van der Waals surface area contributed by atoms with Crippen LogP contribution in [0.3, 0.4) is 0 Å². The van der Waals surface area contributed by atoms with Gasteiger partial charge in [0, 0.05) is 23.6 Å². The van der Waals surface area contributed by atoms with E-state index < -0.39 is 23.4 Å². The van der Waals surface area contributed by atoms with Crippen LogP contribution in [0.15, 0.2) is 54.6 Å². The summed E-state index contributed by atoms with van der Waals surface area (Å²) in [7, 11) is 1.64. The molecule has 0 heterocycles. The van der Waals surface area contributed by atoms with Crippen molar-refractivity contribution in [3.63, 3.8) is 0 Å². The highest BCUT2D eigenvalue weighted by Gasteiger charge is 2.28. The summed E-state index contributed by atoms with van der Waals surface area (Å²) in [6, 6.07) is 17.5. The fraction of sp³-hybridized carbons (Fsp3) is 0.500. The molecule has 2 N–H and O–H groups in total. The summed E-state index contributed by atoms with van der Waals surface area (Å²) < 4.78 is 16.2. The van der Waals surface area contributed by atoms with Crippen LogP contribution in [-0.2, 0) is 21.6 Å². The quantitative estimate of drug-likeness (QED) is 0.405. The summed E-state index contributed by atoms with van der Waals surface area (Å²) in [5.74, 6) is 1.48. The smallest absolute Gasteiger partial charge is 0.407 e. The van der Waals surface area contributed by atoms with Gasteiger partial charge in [0.05, 0.1) is 7.11 Å². The fourth-order valence-corrected chi connectivity index (χ4v) is 4.54. The number of methoxy groups -OCH3 is 1. The van der Waals surface area contributed by atoms with Crippen molar-refractivity contribution in [3.05, 3.63) is 65.7 Å². The van der Waals surface area contributed by atoms with Gasteiger partial charge in [0.25, 0.3) is 0 Å². The van der Waals surface area contributed by atoms with Gasteiger partial charge in [-0.25, -0.2) is 9.59 Å². The van der Waals surface area contributed by atoms with Crippen LogP contribution < -0.4 is 15.4 Å². The number of amides is 2. The van der Waals surface area contributed by atoms with Crippen molar-refractivity contribution in [1.82, 2.24) is 10.6 Å². The number of hydrogen-bond acceptors (Lipinski definition) is 6. The number of rotatable bonds is 10. The lowest BCUT2D eigenvalue weighted by molar-refractivity contribution is 0.0501. The van der Waals surface area contributed by atoms with Crippen LogP contribution in [0.25, 0.3) is 0 Å². The molecule has 2 aromatic rings. The molecular weight excluding hydrogens is 476 g/mol. The molecule has 7 nitrogen and oxygen atoms in total. The van der Waals surface area contributed by atoms with Crippen LogP contribution in [0, 0.1) is 0 Å². The molecule has 198 valence electrons. The van der Waals surface area contributed by atoms with Gasteiger partial charge >= 0.3 is 12.2 Å². The van der Waals surface area contributed by atoms with Crippen molar-refractivity contribution in [2.24, 2.45) is 0 Å². The van der Waals surface area contributed by atoms with E-state index in [0.29, 0.717) is 18.7 Å². The zero-order valence-corrected chi connectivity index (χ0v) is 23.2. The molecule has 2 amide bonds. The monoisotopic (exact) mass is 516 g/mol. The number of alkyl carbamates (subject to hydrolysis) is 2. The summed E-state index contributed by atoms with van der Waals surface area (Å²) in [6.07, 6.45) is -0.403. The summed E-state index contributed by atoms with van der Waals surface area (Å²) in [5.41, 5.74) is 0.959. The van der Waals surface area contributed by atoms with Gasteiger partial charge in [0.15, 0.2) is 0 Å². The average Bonchev–Trinajstić information content (AvgIpc) is 2.77. The lowest BCUT2D eigenvalue weighted by atomic mass is 10.0. The first kappa shape index (κ1) is 29.4. The minimum atomic E-state index is -0.623. The number of nitrogens with one attached hydrogen (secondary N) is 2. The molecule has 2 aromatic carbocycles. The fourth-order valence-electron chi connectivity index (χ4n) is 3.34. The van der Waals surface area contributed by atoms with E-state index in [2.05, 4.69) is 10.6 Å². The molecule has 2 rings (SSSR count). The zero-order chi connectivity index (χ0) is 26.8. The molecule has 2 atom stereocenters. The van der Waals surface area contributed by atoms with Gasteiger partial charge in [-0.1, -0.05) is 42.5 Å². The van der Waals surface area contributed by atoms with E-state index in [-0.39, 0.29) is 11.3 Å². The third kappa shape index (κ3) is 11.7. The van der Waals surface area contributed by atoms with Crippen LogP contribution in [0.2, 0.25) is 0 Å². The molecule has 0 spiro atoms. The second-order valence-corrected chi connectivity index (χ2v) is 11.8. The van der Waals surface area contributed by atoms with Gasteiger partial charge in [-0.2, -0.15) is 0 Å². The topological polar surface area (TPSA) is 85.9 Å². The first-order valence-electron chi connectivity index (χ1n) is 12.1. The Labute approximate surface area is 219 Å². The Morgan fingerprint density at radius 1 is 0.833 bits per heavy atom. The molecule has 36 heavy (non-hydrogen) atoms. The predicted octanol–water partition coefficient (Wildman–Crippen LogP) is 5.96. The maximum Gasteiger partial charge on any atom is 0.407 e. The van der Waals surface area contributed by atoms with Crippen molar-refractivity contribution in [1.29, 1.82) is 0 Å². The van der Waals surface area contributed by atoms with Crippen molar-refractivity contribution in [2.75, 3.05) is 13.7 Å². The Morgan fingerprint density at radius 2 is 1.42 bits per heavy atom. The molecule has 0 fully saturated rings. The Kier molecular flexibility index (Phi) is 11.0. The van der Waals surface area contributed by atoms with Crippen molar-refractivity contribution < 1.29 is 23.8 Å². The lowest BCUT2D eigenvalue weighted by Crippen LogP contribution is -2.49. The van der Waals surface area contributed by atoms with E-state index in [9.17, 15) is 9.59 Å². The second kappa shape index (κ2) is 13.4. The highest BCUT2D eigenvalue weighted by Crippen LogP contribution is 2.24. The Bertz CT molecular complexity index is 953. The van der Waals surface area contributed by atoms with Gasteiger partial charge in [-0.15, -0.1) is 11.8 Å². The first-order valence-corrected chi connectivity index (χ1v) is 13.1. The van der Waals surface area contributed by atoms with Crippen LogP contribution in [0.5, 0.6) is 5.75 Å². The van der Waals surface area contributed by atoms with Gasteiger partial charge in [-0.3, -0.25) is 0 Å². The highest BCUT2D eigenvalue weighted by molar-refractivity contribution is 7.99. The number of thioether (sulfide) groups is 1. The molecule has 0 aliphatic rings. The Morgan fingerprint density at radius 3 is 1.97 bits per heavy atom. The molecule has 0 aromatic heterocycles. The highest BCUT2D eigenvalue weighted by atomic mass is 32.2. The average molecular weight is 517 g/mol. The van der Waals surface area contributed by atoms with Crippen LogP contribution >= 0.6 is 11.8 Å². The molecule has 0 bridgehead atoms. The number of carbonyl (C=O) groups is 2. The summed E-state index contributed by atoms with van der Waals surface area (Å²) in [5, 5.41) is 5.78. The minimum Gasteiger partial charge on any atom is -0.497 e. The zero-order valence-electron chi connectivity index (χ0n) is 22.4. The second-order valence-electron chi connectivity index (χ2n) is 10.5. The molecule has 0 saturated carbocycles. The molecule has 0 radical (unpaired) electrons. The molecule has 8 heteroatoms. The maximum absolute atomic E-state index is 12.8. The number of hydrogen-bond donors (Lipinski definition) is 2. The Balaban J connectivity index is 2.24. The maximum atomic E-state index is 12.8. The standard InChI is InChI=1S/C28H40N2O5S/c1-27(2,3)34-25(31)29-18-24(36-19-21-13-15-22(33-7)16-14-21)23(17-20-11-9-8-10-12-20)30-26(32)35-28(4,5)6/h8-16,23-24H,17-19H2,1-7H3,(H,29,31)(H,30,32)/t23-,24?/m1/s1. The molecule has 1 unspecified atom stereocenters. The molecule has 0 saturated heterocycles. The van der Waals surface area contributed by atoms with E-state index in [0.717, 1.165) is 16.9 Å². The third-order valence-corrected chi connectivity index (χ3v) is 6.34. The van der Waals surface area contributed by atoms with Gasteiger partial charge in [0.2, 0.25) is 0 Å². The van der Waals surface area contributed by atoms with E-state index >= 15 is 0 Å². The van der Waals surface area contributed by atoms with Crippen LogP contribution in [0.4, 0.5) is 9.59 Å². The SMILES string of the molecule is COc1ccc(CSC(CNC(=O)OC(C)(C)C)[C@@H](Cc2ccccc2)NC(=O)OC(C)(C)C)cc1.